The highest BCUT2D eigenvalue weighted by Crippen LogP contribution is 2.24. The maximum atomic E-state index is 12.4. The molecule has 6 heteroatoms. The fourth-order valence-corrected chi connectivity index (χ4v) is 2.91. The first-order chi connectivity index (χ1) is 11.6. The first-order valence-corrected chi connectivity index (χ1v) is 8.04. The second-order valence-corrected chi connectivity index (χ2v) is 6.34. The van der Waals surface area contributed by atoms with Gasteiger partial charge in [-0.15, -0.1) is 0 Å². The van der Waals surface area contributed by atoms with Gasteiger partial charge in [-0.25, -0.2) is 0 Å². The van der Waals surface area contributed by atoms with Crippen LogP contribution in [0.5, 0.6) is 0 Å². The summed E-state index contributed by atoms with van der Waals surface area (Å²) in [7, 11) is 0. The van der Waals surface area contributed by atoms with Crippen molar-refractivity contribution in [2.45, 2.75) is 25.8 Å². The van der Waals surface area contributed by atoms with E-state index in [-0.39, 0.29) is 23.6 Å². The number of hydrogen-bond acceptors (Lipinski definition) is 4. The molecule has 3 heterocycles. The van der Waals surface area contributed by atoms with Crippen LogP contribution in [-0.4, -0.2) is 29.3 Å². The lowest BCUT2D eigenvalue weighted by atomic mass is 10.0. The number of hydrogen-bond donors (Lipinski definition) is 2. The first-order valence-electron chi connectivity index (χ1n) is 8.04. The summed E-state index contributed by atoms with van der Waals surface area (Å²) in [6.07, 6.45) is 0. The molecule has 2 N–H and O–H groups in total. The van der Waals surface area contributed by atoms with E-state index >= 15 is 0 Å². The smallest absolute Gasteiger partial charge is 0.290 e. The molecule has 1 amide bonds. The Morgan fingerprint density at radius 2 is 2.17 bits per heavy atom. The second-order valence-electron chi connectivity index (χ2n) is 6.34. The van der Waals surface area contributed by atoms with Crippen LogP contribution in [0.15, 0.2) is 34.9 Å². The molecule has 2 aromatic heterocycles. The zero-order chi connectivity index (χ0) is 16.7. The number of nitrogens with one attached hydrogen (secondary N) is 2. The summed E-state index contributed by atoms with van der Waals surface area (Å²) in [6, 6.07) is 9.80. The Balaban J connectivity index is 1.48. The molecule has 0 aliphatic carbocycles. The highest BCUT2D eigenvalue weighted by molar-refractivity contribution is 5.91. The van der Waals surface area contributed by atoms with Crippen LogP contribution in [-0.2, 0) is 4.74 Å². The maximum absolute atomic E-state index is 12.4. The minimum absolute atomic E-state index is 0.127. The number of carbonyl (C=O) groups excluding carboxylic acids is 1. The summed E-state index contributed by atoms with van der Waals surface area (Å²) in [5, 5.41) is 8.06. The van der Waals surface area contributed by atoms with Crippen LogP contribution in [0.25, 0.3) is 10.9 Å². The fourth-order valence-electron chi connectivity index (χ4n) is 2.91. The summed E-state index contributed by atoms with van der Waals surface area (Å²) >= 11 is 0. The van der Waals surface area contributed by atoms with Gasteiger partial charge in [-0.1, -0.05) is 11.2 Å². The summed E-state index contributed by atoms with van der Waals surface area (Å²) in [5.74, 6) is 0.223. The molecule has 0 bridgehead atoms. The van der Waals surface area contributed by atoms with Gasteiger partial charge in [-0.2, -0.15) is 0 Å². The number of rotatable bonds is 4. The van der Waals surface area contributed by atoms with E-state index in [0.717, 1.165) is 27.9 Å². The van der Waals surface area contributed by atoms with Gasteiger partial charge < -0.3 is 19.6 Å². The molecule has 0 saturated carbocycles. The average molecular weight is 325 g/mol. The Bertz CT molecular complexity index is 892. The van der Waals surface area contributed by atoms with Crippen molar-refractivity contribution in [3.05, 3.63) is 53.0 Å². The van der Waals surface area contributed by atoms with Gasteiger partial charge in [0.2, 0.25) is 5.76 Å². The predicted molar refractivity (Wildman–Crippen MR) is 89.0 cm³/mol. The van der Waals surface area contributed by atoms with Crippen molar-refractivity contribution < 1.29 is 14.1 Å². The van der Waals surface area contributed by atoms with Gasteiger partial charge in [0.15, 0.2) is 0 Å². The molecular formula is C18H19N3O3. The highest BCUT2D eigenvalue weighted by atomic mass is 16.5. The topological polar surface area (TPSA) is 80.2 Å². The Kier molecular flexibility index (Phi) is 3.61. The van der Waals surface area contributed by atoms with Crippen molar-refractivity contribution in [2.24, 2.45) is 0 Å². The normalized spacial score (nSPS) is 16.1. The monoisotopic (exact) mass is 325 g/mol. The Hall–Kier alpha value is -2.60. The molecule has 24 heavy (non-hydrogen) atoms. The van der Waals surface area contributed by atoms with Crippen LogP contribution >= 0.6 is 0 Å². The lowest BCUT2D eigenvalue weighted by Gasteiger charge is -2.23. The van der Waals surface area contributed by atoms with Crippen molar-refractivity contribution in [3.8, 4) is 0 Å². The van der Waals surface area contributed by atoms with Crippen LogP contribution in [0, 0.1) is 6.92 Å². The van der Waals surface area contributed by atoms with Gasteiger partial charge in [0.25, 0.3) is 5.91 Å². The molecule has 6 nitrogen and oxygen atoms in total. The number of ether oxygens (including phenoxy) is 1. The molecule has 1 atom stereocenters. The van der Waals surface area contributed by atoms with E-state index in [9.17, 15) is 4.79 Å². The molecule has 0 radical (unpaired) electrons. The number of H-pyrrole nitrogens is 1. The van der Waals surface area contributed by atoms with E-state index in [1.807, 2.05) is 26.0 Å². The van der Waals surface area contributed by atoms with Crippen LogP contribution in [0.4, 0.5) is 0 Å². The molecule has 1 fully saturated rings. The summed E-state index contributed by atoms with van der Waals surface area (Å²) in [4.78, 5) is 15.7. The lowest BCUT2D eigenvalue weighted by Crippen LogP contribution is -2.26. The van der Waals surface area contributed by atoms with Gasteiger partial charge in [0.1, 0.15) is 0 Å². The number of nitrogens with zero attached hydrogens (tertiary/aromatic N) is 1. The number of carbonyl (C=O) groups is 1. The van der Waals surface area contributed by atoms with E-state index in [1.54, 1.807) is 6.07 Å². The number of aromatic nitrogens is 2. The third-order valence-electron chi connectivity index (χ3n) is 4.44. The molecule has 4 rings (SSSR count). The number of aryl methyl sites for hydroxylation is 1. The van der Waals surface area contributed by atoms with Gasteiger partial charge in [-0.05, 0) is 43.0 Å². The van der Waals surface area contributed by atoms with Crippen molar-refractivity contribution in [2.75, 3.05) is 13.2 Å². The number of amides is 1. The molecule has 1 saturated heterocycles. The third kappa shape index (κ3) is 2.69. The van der Waals surface area contributed by atoms with Crippen LogP contribution in [0.3, 0.4) is 0 Å². The Morgan fingerprint density at radius 1 is 1.33 bits per heavy atom. The molecule has 1 aromatic carbocycles. The van der Waals surface area contributed by atoms with E-state index in [1.165, 1.54) is 0 Å². The van der Waals surface area contributed by atoms with Gasteiger partial charge in [0, 0.05) is 17.3 Å². The third-order valence-corrected chi connectivity index (χ3v) is 4.44. The van der Waals surface area contributed by atoms with Crippen molar-refractivity contribution in [1.82, 2.24) is 15.5 Å². The van der Waals surface area contributed by atoms with Crippen LogP contribution in [0.2, 0.25) is 0 Å². The number of fused-ring (bicyclic) bond motifs is 1. The minimum atomic E-state index is -0.258. The first kappa shape index (κ1) is 15.0. The van der Waals surface area contributed by atoms with Crippen molar-refractivity contribution >= 4 is 16.8 Å². The zero-order valence-electron chi connectivity index (χ0n) is 13.6. The molecular weight excluding hydrogens is 306 g/mol. The number of aromatic amines is 1. The van der Waals surface area contributed by atoms with E-state index in [4.69, 9.17) is 9.26 Å². The highest BCUT2D eigenvalue weighted by Gasteiger charge is 2.26. The molecule has 3 aromatic rings. The van der Waals surface area contributed by atoms with Crippen molar-refractivity contribution in [1.29, 1.82) is 0 Å². The second kappa shape index (κ2) is 5.79. The van der Waals surface area contributed by atoms with Gasteiger partial charge >= 0.3 is 0 Å². The van der Waals surface area contributed by atoms with Crippen molar-refractivity contribution in [3.63, 3.8) is 0 Å². The van der Waals surface area contributed by atoms with Crippen LogP contribution in [0.1, 0.15) is 46.4 Å². The average Bonchev–Trinajstić information content (AvgIpc) is 3.10. The van der Waals surface area contributed by atoms with Crippen LogP contribution < -0.4 is 5.32 Å². The van der Waals surface area contributed by atoms with E-state index in [2.05, 4.69) is 27.6 Å². The largest absolute Gasteiger partial charge is 0.380 e. The molecule has 1 aliphatic heterocycles. The van der Waals surface area contributed by atoms with Gasteiger partial charge in [0.05, 0.1) is 30.9 Å². The Labute approximate surface area is 139 Å². The molecule has 124 valence electrons. The fraction of sp³-hybridized carbons (Fsp3) is 0.333. The van der Waals surface area contributed by atoms with E-state index < -0.39 is 0 Å². The summed E-state index contributed by atoms with van der Waals surface area (Å²) in [6.45, 7) is 5.26. The standard InChI is InChI=1S/C18H19N3O3/c1-10-5-13-6-12(3-4-15(13)19-10)11(2)20-18(22)17-7-16(21-24-17)14-8-23-9-14/h3-7,11,14,19H,8-9H2,1-2H3,(H,20,22)/t11-/m1/s1. The minimum Gasteiger partial charge on any atom is -0.380 e. The maximum Gasteiger partial charge on any atom is 0.290 e. The summed E-state index contributed by atoms with van der Waals surface area (Å²) in [5.41, 5.74) is 4.04. The molecule has 1 aliphatic rings. The number of benzene rings is 1. The van der Waals surface area contributed by atoms with E-state index in [0.29, 0.717) is 13.2 Å². The SMILES string of the molecule is Cc1cc2cc([C@@H](C)NC(=O)c3cc(C4COC4)no3)ccc2[nH]1. The Morgan fingerprint density at radius 3 is 2.92 bits per heavy atom. The van der Waals surface area contributed by atoms with Gasteiger partial charge in [-0.3, -0.25) is 4.79 Å². The summed E-state index contributed by atoms with van der Waals surface area (Å²) < 4.78 is 10.3. The zero-order valence-corrected chi connectivity index (χ0v) is 13.6. The quantitative estimate of drug-likeness (QED) is 0.772. The lowest BCUT2D eigenvalue weighted by molar-refractivity contribution is 0.00556. The molecule has 0 unspecified atom stereocenters. The predicted octanol–water partition coefficient (Wildman–Crippen LogP) is 3.07. The molecule has 0 spiro atoms.